The Morgan fingerprint density at radius 1 is 1.26 bits per heavy atom. The molecule has 0 fully saturated rings. The van der Waals surface area contributed by atoms with Crippen molar-refractivity contribution in [2.75, 3.05) is 0 Å². The van der Waals surface area contributed by atoms with Crippen molar-refractivity contribution in [2.24, 2.45) is 0 Å². The predicted molar refractivity (Wildman–Crippen MR) is 75.4 cm³/mol. The summed E-state index contributed by atoms with van der Waals surface area (Å²) in [7, 11) is 0. The zero-order valence-corrected chi connectivity index (χ0v) is 11.9. The first-order valence-corrected chi connectivity index (χ1v) is 6.80. The molecule has 4 heteroatoms. The van der Waals surface area contributed by atoms with Gasteiger partial charge in [-0.2, -0.15) is 0 Å². The van der Waals surface area contributed by atoms with Gasteiger partial charge in [-0.1, -0.05) is 12.1 Å². The Morgan fingerprint density at radius 3 is 2.79 bits per heavy atom. The topological polar surface area (TPSA) is 30.0 Å². The molecule has 0 aliphatic rings. The number of aryl methyl sites for hydroxylation is 1. The van der Waals surface area contributed by atoms with E-state index in [9.17, 15) is 9.18 Å². The first-order valence-electron chi connectivity index (χ1n) is 6.00. The highest BCUT2D eigenvalue weighted by atomic mass is 79.9. The Hall–Kier alpha value is -1.55. The zero-order chi connectivity index (χ0) is 13.7. The molecule has 0 spiro atoms. The SMILES string of the molecule is O=C(CCc1ccccn1)Cc1ccc(F)c(Br)c1. The van der Waals surface area contributed by atoms with E-state index in [0.29, 0.717) is 23.7 Å². The minimum Gasteiger partial charge on any atom is -0.299 e. The molecule has 0 saturated heterocycles. The molecule has 2 aromatic rings. The molecule has 0 bridgehead atoms. The monoisotopic (exact) mass is 321 g/mol. The van der Waals surface area contributed by atoms with E-state index in [2.05, 4.69) is 20.9 Å². The van der Waals surface area contributed by atoms with Gasteiger partial charge in [0.05, 0.1) is 4.47 Å². The van der Waals surface area contributed by atoms with Gasteiger partial charge in [0.2, 0.25) is 0 Å². The van der Waals surface area contributed by atoms with Crippen LogP contribution < -0.4 is 0 Å². The Kier molecular flexibility index (Phi) is 4.80. The number of carbonyl (C=O) groups excluding carboxylic acids is 1. The van der Waals surface area contributed by atoms with Crippen molar-refractivity contribution >= 4 is 21.7 Å². The van der Waals surface area contributed by atoms with Crippen LogP contribution >= 0.6 is 15.9 Å². The molecule has 2 nitrogen and oxygen atoms in total. The normalized spacial score (nSPS) is 10.4. The third-order valence-electron chi connectivity index (χ3n) is 2.77. The van der Waals surface area contributed by atoms with Crippen molar-refractivity contribution in [3.63, 3.8) is 0 Å². The van der Waals surface area contributed by atoms with Gasteiger partial charge in [0, 0.05) is 24.7 Å². The highest BCUT2D eigenvalue weighted by Crippen LogP contribution is 2.17. The molecule has 0 amide bonds. The molecule has 19 heavy (non-hydrogen) atoms. The fraction of sp³-hybridized carbons (Fsp3) is 0.200. The second-order valence-corrected chi connectivity index (χ2v) is 5.14. The van der Waals surface area contributed by atoms with Crippen LogP contribution in [0.5, 0.6) is 0 Å². The van der Waals surface area contributed by atoms with Gasteiger partial charge >= 0.3 is 0 Å². The third-order valence-corrected chi connectivity index (χ3v) is 3.38. The summed E-state index contributed by atoms with van der Waals surface area (Å²) in [6.07, 6.45) is 3.14. The molecule has 0 N–H and O–H groups in total. The fourth-order valence-corrected chi connectivity index (χ4v) is 2.21. The number of ketones is 1. The maximum absolute atomic E-state index is 13.1. The van der Waals surface area contributed by atoms with Gasteiger partial charge in [-0.05, 0) is 52.2 Å². The van der Waals surface area contributed by atoms with Crippen LogP contribution in [-0.2, 0) is 17.6 Å². The van der Waals surface area contributed by atoms with E-state index in [4.69, 9.17) is 0 Å². The van der Waals surface area contributed by atoms with Crippen LogP contribution in [0.15, 0.2) is 47.1 Å². The summed E-state index contributed by atoms with van der Waals surface area (Å²) >= 11 is 3.12. The lowest BCUT2D eigenvalue weighted by molar-refractivity contribution is -0.118. The third kappa shape index (κ3) is 4.24. The summed E-state index contributed by atoms with van der Waals surface area (Å²) in [5, 5.41) is 0. The molecule has 1 heterocycles. The number of halogens is 2. The van der Waals surface area contributed by atoms with Crippen LogP contribution in [0.1, 0.15) is 17.7 Å². The van der Waals surface area contributed by atoms with Crippen LogP contribution in [0.4, 0.5) is 4.39 Å². The number of hydrogen-bond acceptors (Lipinski definition) is 2. The minimum absolute atomic E-state index is 0.129. The van der Waals surface area contributed by atoms with Crippen LogP contribution in [0.25, 0.3) is 0 Å². The number of carbonyl (C=O) groups is 1. The van der Waals surface area contributed by atoms with E-state index >= 15 is 0 Å². The molecule has 98 valence electrons. The summed E-state index contributed by atoms with van der Waals surface area (Å²) in [6, 6.07) is 10.3. The molecule has 0 aliphatic heterocycles. The number of rotatable bonds is 5. The lowest BCUT2D eigenvalue weighted by Gasteiger charge is -2.03. The lowest BCUT2D eigenvalue weighted by atomic mass is 10.0. The number of hydrogen-bond donors (Lipinski definition) is 0. The first kappa shape index (κ1) is 13.9. The molecular weight excluding hydrogens is 309 g/mol. The van der Waals surface area contributed by atoms with E-state index in [1.54, 1.807) is 18.3 Å². The van der Waals surface area contributed by atoms with E-state index in [1.807, 2.05) is 18.2 Å². The Labute approximate surface area is 119 Å². The Morgan fingerprint density at radius 2 is 2.11 bits per heavy atom. The number of aromatic nitrogens is 1. The zero-order valence-electron chi connectivity index (χ0n) is 10.3. The molecule has 1 aromatic carbocycles. The van der Waals surface area contributed by atoms with Crippen molar-refractivity contribution in [3.05, 3.63) is 64.1 Å². The summed E-state index contributed by atoms with van der Waals surface area (Å²) in [5.74, 6) is -0.186. The summed E-state index contributed by atoms with van der Waals surface area (Å²) < 4.78 is 13.5. The van der Waals surface area contributed by atoms with Gasteiger partial charge < -0.3 is 0 Å². The van der Waals surface area contributed by atoms with E-state index in [-0.39, 0.29) is 11.6 Å². The maximum atomic E-state index is 13.1. The number of pyridine rings is 1. The molecular formula is C15H13BrFNO. The second-order valence-electron chi connectivity index (χ2n) is 4.28. The molecule has 0 radical (unpaired) electrons. The number of Topliss-reactive ketones (excluding diaryl/α,β-unsaturated/α-hetero) is 1. The number of nitrogens with zero attached hydrogens (tertiary/aromatic N) is 1. The molecule has 0 saturated carbocycles. The Balaban J connectivity index is 1.89. The quantitative estimate of drug-likeness (QED) is 0.840. The van der Waals surface area contributed by atoms with E-state index in [0.717, 1.165) is 11.3 Å². The van der Waals surface area contributed by atoms with Crippen LogP contribution in [-0.4, -0.2) is 10.8 Å². The van der Waals surface area contributed by atoms with E-state index in [1.165, 1.54) is 6.07 Å². The highest BCUT2D eigenvalue weighted by Gasteiger charge is 2.07. The van der Waals surface area contributed by atoms with Crippen molar-refractivity contribution in [2.45, 2.75) is 19.3 Å². The average molecular weight is 322 g/mol. The van der Waals surface area contributed by atoms with Crippen molar-refractivity contribution < 1.29 is 9.18 Å². The highest BCUT2D eigenvalue weighted by molar-refractivity contribution is 9.10. The summed E-state index contributed by atoms with van der Waals surface area (Å²) in [5.41, 5.74) is 1.73. The van der Waals surface area contributed by atoms with Crippen LogP contribution in [0.3, 0.4) is 0 Å². The fourth-order valence-electron chi connectivity index (χ4n) is 1.78. The van der Waals surface area contributed by atoms with Gasteiger partial charge in [0.15, 0.2) is 0 Å². The van der Waals surface area contributed by atoms with E-state index < -0.39 is 0 Å². The van der Waals surface area contributed by atoms with Gasteiger partial charge in [0.25, 0.3) is 0 Å². The van der Waals surface area contributed by atoms with Gasteiger partial charge in [-0.3, -0.25) is 9.78 Å². The van der Waals surface area contributed by atoms with Gasteiger partial charge in [-0.15, -0.1) is 0 Å². The average Bonchev–Trinajstić information content (AvgIpc) is 2.42. The predicted octanol–water partition coefficient (Wildman–Crippen LogP) is 3.73. The largest absolute Gasteiger partial charge is 0.299 e. The standard InChI is InChI=1S/C15H13BrFNO/c16-14-10-11(4-7-15(14)17)9-13(19)6-5-12-3-1-2-8-18-12/h1-4,7-8,10H,5-6,9H2. The smallest absolute Gasteiger partial charge is 0.137 e. The maximum Gasteiger partial charge on any atom is 0.137 e. The Bertz CT molecular complexity index is 572. The van der Waals surface area contributed by atoms with Crippen LogP contribution in [0, 0.1) is 5.82 Å². The lowest BCUT2D eigenvalue weighted by Crippen LogP contribution is -2.05. The van der Waals surface area contributed by atoms with Gasteiger partial charge in [0.1, 0.15) is 11.6 Å². The second kappa shape index (κ2) is 6.57. The summed E-state index contributed by atoms with van der Waals surface area (Å²) in [4.78, 5) is 16.0. The van der Waals surface area contributed by atoms with Crippen molar-refractivity contribution in [1.82, 2.24) is 4.98 Å². The molecule has 1 aromatic heterocycles. The molecule has 2 rings (SSSR count). The molecule has 0 aliphatic carbocycles. The molecule has 0 atom stereocenters. The van der Waals surface area contributed by atoms with Crippen molar-refractivity contribution in [1.29, 1.82) is 0 Å². The van der Waals surface area contributed by atoms with Crippen molar-refractivity contribution in [3.8, 4) is 0 Å². The number of benzene rings is 1. The van der Waals surface area contributed by atoms with Gasteiger partial charge in [-0.25, -0.2) is 4.39 Å². The summed E-state index contributed by atoms with van der Waals surface area (Å²) in [6.45, 7) is 0. The minimum atomic E-state index is -0.315. The molecule has 0 unspecified atom stereocenters. The first-order chi connectivity index (χ1) is 9.15. The van der Waals surface area contributed by atoms with Crippen LogP contribution in [0.2, 0.25) is 0 Å².